The van der Waals surface area contributed by atoms with Gasteiger partial charge in [-0.25, -0.2) is 4.39 Å². The SMILES string of the molecule is COc1cc(C2c3c(oc4ccc(F)cc4c3=O)C(=O)N2Cc2ccco2)ccc1OCc1ccccc1. The maximum atomic E-state index is 14.0. The van der Waals surface area contributed by atoms with E-state index in [9.17, 15) is 14.0 Å². The average Bonchev–Trinajstić information content (AvgIpc) is 3.55. The lowest BCUT2D eigenvalue weighted by Crippen LogP contribution is -2.29. The van der Waals surface area contributed by atoms with Crippen molar-refractivity contribution in [3.8, 4) is 11.5 Å². The Balaban J connectivity index is 1.45. The number of ether oxygens (including phenoxy) is 2. The van der Waals surface area contributed by atoms with E-state index < -0.39 is 23.2 Å². The molecule has 0 bridgehead atoms. The number of carbonyl (C=O) groups excluding carboxylic acids is 1. The zero-order chi connectivity index (χ0) is 26.2. The van der Waals surface area contributed by atoms with Crippen LogP contribution >= 0.6 is 0 Å². The number of benzene rings is 3. The van der Waals surface area contributed by atoms with E-state index >= 15 is 0 Å². The molecule has 1 amide bonds. The Labute approximate surface area is 216 Å². The largest absolute Gasteiger partial charge is 0.493 e. The molecule has 0 spiro atoms. The number of methoxy groups -OCH3 is 1. The Morgan fingerprint density at radius 2 is 1.79 bits per heavy atom. The van der Waals surface area contributed by atoms with E-state index in [1.807, 2.05) is 30.3 Å². The zero-order valence-electron chi connectivity index (χ0n) is 20.3. The summed E-state index contributed by atoms with van der Waals surface area (Å²) in [5.74, 6) is 0.374. The number of hydrogen-bond acceptors (Lipinski definition) is 6. The lowest BCUT2D eigenvalue weighted by molar-refractivity contribution is 0.0701. The number of carbonyl (C=O) groups is 1. The second-order valence-electron chi connectivity index (χ2n) is 8.91. The molecule has 2 aromatic heterocycles. The van der Waals surface area contributed by atoms with Crippen LogP contribution in [0.1, 0.15) is 39.0 Å². The second-order valence-corrected chi connectivity index (χ2v) is 8.91. The summed E-state index contributed by atoms with van der Waals surface area (Å²) in [6.07, 6.45) is 1.51. The predicted octanol–water partition coefficient (Wildman–Crippen LogP) is 5.86. The molecule has 6 rings (SSSR count). The molecule has 0 radical (unpaired) electrons. The summed E-state index contributed by atoms with van der Waals surface area (Å²) in [5.41, 5.74) is 1.42. The van der Waals surface area contributed by atoms with Gasteiger partial charge in [-0.15, -0.1) is 0 Å². The van der Waals surface area contributed by atoms with Gasteiger partial charge in [0.1, 0.15) is 23.8 Å². The van der Waals surface area contributed by atoms with Gasteiger partial charge in [0.2, 0.25) is 5.76 Å². The fraction of sp³-hybridized carbons (Fsp3) is 0.133. The first-order chi connectivity index (χ1) is 18.5. The highest BCUT2D eigenvalue weighted by atomic mass is 19.1. The summed E-state index contributed by atoms with van der Waals surface area (Å²) in [5, 5.41) is 0.0659. The third-order valence-corrected chi connectivity index (χ3v) is 6.57. The lowest BCUT2D eigenvalue weighted by Gasteiger charge is -2.25. The van der Waals surface area contributed by atoms with Gasteiger partial charge in [-0.3, -0.25) is 9.59 Å². The Hall–Kier alpha value is -4.85. The van der Waals surface area contributed by atoms with E-state index in [-0.39, 0.29) is 28.8 Å². The molecule has 0 fully saturated rings. The standard InChI is InChI=1S/C30H22FNO6/c1-35-25-14-19(9-11-24(25)37-17-18-6-3-2-4-7-18)27-26-28(33)22-15-20(31)10-12-23(22)38-29(26)30(34)32(27)16-21-8-5-13-36-21/h2-15,27H,16-17H2,1H3. The molecular formula is C30H22FNO6. The van der Waals surface area contributed by atoms with Crippen LogP contribution in [-0.2, 0) is 13.2 Å². The minimum Gasteiger partial charge on any atom is -0.493 e. The predicted molar refractivity (Wildman–Crippen MR) is 137 cm³/mol. The monoisotopic (exact) mass is 511 g/mol. The summed E-state index contributed by atoms with van der Waals surface area (Å²) in [6, 6.07) is 21.3. The first kappa shape index (κ1) is 23.5. The summed E-state index contributed by atoms with van der Waals surface area (Å²) in [7, 11) is 1.52. The zero-order valence-corrected chi connectivity index (χ0v) is 20.3. The molecule has 0 aliphatic carbocycles. The van der Waals surface area contributed by atoms with Crippen molar-refractivity contribution in [1.82, 2.24) is 4.90 Å². The average molecular weight is 512 g/mol. The van der Waals surface area contributed by atoms with Crippen LogP contribution in [-0.4, -0.2) is 17.9 Å². The molecule has 190 valence electrons. The van der Waals surface area contributed by atoms with Crippen LogP contribution in [0.5, 0.6) is 11.5 Å². The highest BCUT2D eigenvalue weighted by molar-refractivity contribution is 5.99. The van der Waals surface area contributed by atoms with Gasteiger partial charge in [0.25, 0.3) is 5.91 Å². The van der Waals surface area contributed by atoms with E-state index in [0.717, 1.165) is 11.6 Å². The second kappa shape index (κ2) is 9.55. The van der Waals surface area contributed by atoms with Crippen LogP contribution in [0.15, 0.2) is 98.8 Å². The molecule has 0 N–H and O–H groups in total. The smallest absolute Gasteiger partial charge is 0.291 e. The van der Waals surface area contributed by atoms with Gasteiger partial charge < -0.3 is 23.2 Å². The lowest BCUT2D eigenvalue weighted by atomic mass is 9.98. The first-order valence-electron chi connectivity index (χ1n) is 12.0. The number of halogens is 1. The molecule has 1 aliphatic heterocycles. The molecule has 3 aromatic carbocycles. The third-order valence-electron chi connectivity index (χ3n) is 6.57. The Morgan fingerprint density at radius 1 is 0.947 bits per heavy atom. The maximum absolute atomic E-state index is 14.0. The van der Waals surface area contributed by atoms with Gasteiger partial charge in [-0.2, -0.15) is 0 Å². The van der Waals surface area contributed by atoms with Crippen LogP contribution in [0.4, 0.5) is 4.39 Å². The van der Waals surface area contributed by atoms with Crippen molar-refractivity contribution in [2.75, 3.05) is 7.11 Å². The highest BCUT2D eigenvalue weighted by Crippen LogP contribution is 2.42. The maximum Gasteiger partial charge on any atom is 0.291 e. The molecule has 38 heavy (non-hydrogen) atoms. The van der Waals surface area contributed by atoms with Crippen molar-refractivity contribution in [2.45, 2.75) is 19.2 Å². The minimum absolute atomic E-state index is 0.0659. The van der Waals surface area contributed by atoms with E-state index in [4.69, 9.17) is 18.3 Å². The molecule has 0 saturated carbocycles. The summed E-state index contributed by atoms with van der Waals surface area (Å²) in [6.45, 7) is 0.437. The number of hydrogen-bond donors (Lipinski definition) is 0. The minimum atomic E-state index is -0.816. The Bertz CT molecular complexity index is 1690. The Kier molecular flexibility index (Phi) is 5.92. The third kappa shape index (κ3) is 4.10. The van der Waals surface area contributed by atoms with Crippen LogP contribution in [0, 0.1) is 5.82 Å². The summed E-state index contributed by atoms with van der Waals surface area (Å²) in [4.78, 5) is 28.7. The summed E-state index contributed by atoms with van der Waals surface area (Å²) >= 11 is 0. The van der Waals surface area contributed by atoms with Gasteiger partial charge in [-0.1, -0.05) is 36.4 Å². The van der Waals surface area contributed by atoms with Crippen LogP contribution in [0.25, 0.3) is 11.0 Å². The van der Waals surface area contributed by atoms with Gasteiger partial charge in [-0.05, 0) is 53.6 Å². The Morgan fingerprint density at radius 3 is 2.55 bits per heavy atom. The van der Waals surface area contributed by atoms with E-state index in [1.54, 1.807) is 30.3 Å². The number of amides is 1. The van der Waals surface area contributed by atoms with Crippen molar-refractivity contribution in [1.29, 1.82) is 0 Å². The number of furan rings is 1. The fourth-order valence-electron chi connectivity index (χ4n) is 4.78. The molecule has 8 heteroatoms. The highest BCUT2D eigenvalue weighted by Gasteiger charge is 2.43. The molecular weight excluding hydrogens is 489 g/mol. The van der Waals surface area contributed by atoms with Crippen molar-refractivity contribution in [3.05, 3.63) is 129 Å². The van der Waals surface area contributed by atoms with E-state index in [2.05, 4.69) is 0 Å². The molecule has 1 unspecified atom stereocenters. The topological polar surface area (TPSA) is 82.1 Å². The molecule has 7 nitrogen and oxygen atoms in total. The van der Waals surface area contributed by atoms with E-state index in [0.29, 0.717) is 29.4 Å². The molecule has 5 aromatic rings. The van der Waals surface area contributed by atoms with Crippen molar-refractivity contribution < 1.29 is 27.5 Å². The summed E-state index contributed by atoms with van der Waals surface area (Å²) < 4.78 is 37.0. The van der Waals surface area contributed by atoms with Crippen LogP contribution < -0.4 is 14.9 Å². The molecule has 1 aliphatic rings. The van der Waals surface area contributed by atoms with Gasteiger partial charge >= 0.3 is 0 Å². The number of nitrogens with zero attached hydrogens (tertiary/aromatic N) is 1. The molecule has 3 heterocycles. The molecule has 0 saturated heterocycles. The quantitative estimate of drug-likeness (QED) is 0.272. The first-order valence-corrected chi connectivity index (χ1v) is 12.0. The van der Waals surface area contributed by atoms with Crippen molar-refractivity contribution in [2.24, 2.45) is 0 Å². The van der Waals surface area contributed by atoms with E-state index in [1.165, 1.54) is 30.4 Å². The van der Waals surface area contributed by atoms with Crippen LogP contribution in [0.2, 0.25) is 0 Å². The van der Waals surface area contributed by atoms with Gasteiger partial charge in [0.15, 0.2) is 16.9 Å². The van der Waals surface area contributed by atoms with Gasteiger partial charge in [0.05, 0.1) is 36.9 Å². The number of fused-ring (bicyclic) bond motifs is 2. The number of rotatable bonds is 7. The van der Waals surface area contributed by atoms with Gasteiger partial charge in [0, 0.05) is 0 Å². The van der Waals surface area contributed by atoms with Crippen LogP contribution in [0.3, 0.4) is 0 Å². The normalized spacial score (nSPS) is 14.6. The molecule has 1 atom stereocenters. The van der Waals surface area contributed by atoms with Crippen molar-refractivity contribution >= 4 is 16.9 Å². The van der Waals surface area contributed by atoms with Crippen molar-refractivity contribution in [3.63, 3.8) is 0 Å². The fourth-order valence-corrected chi connectivity index (χ4v) is 4.78.